The van der Waals surface area contributed by atoms with Crippen molar-refractivity contribution in [2.45, 2.75) is 26.2 Å². The molecule has 2 aromatic rings. The molecule has 1 aromatic heterocycles. The van der Waals surface area contributed by atoms with Gasteiger partial charge in [0.2, 0.25) is 0 Å². The average molecular weight is 287 g/mol. The summed E-state index contributed by atoms with van der Waals surface area (Å²) in [5.41, 5.74) is 2.47. The smallest absolute Gasteiger partial charge is 0.272 e. The Labute approximate surface area is 124 Å². The van der Waals surface area contributed by atoms with Gasteiger partial charge in [-0.15, -0.1) is 0 Å². The topological polar surface area (TPSA) is 67.0 Å². The van der Waals surface area contributed by atoms with Crippen LogP contribution in [0.15, 0.2) is 18.2 Å². The lowest BCUT2D eigenvalue weighted by atomic mass is 10.1. The van der Waals surface area contributed by atoms with E-state index in [9.17, 15) is 4.79 Å². The quantitative estimate of drug-likeness (QED) is 0.769. The van der Waals surface area contributed by atoms with E-state index in [1.54, 1.807) is 0 Å². The summed E-state index contributed by atoms with van der Waals surface area (Å²) < 4.78 is 5.54. The molecule has 1 heterocycles. The van der Waals surface area contributed by atoms with Crippen LogP contribution in [0.25, 0.3) is 10.9 Å². The van der Waals surface area contributed by atoms with Crippen LogP contribution in [0.3, 0.4) is 0 Å². The number of nitrogens with zero attached hydrogens (tertiary/aromatic N) is 1. The normalized spacial score (nSPS) is 14.5. The van der Waals surface area contributed by atoms with Crippen LogP contribution < -0.4 is 5.32 Å². The Morgan fingerprint density at radius 2 is 2.33 bits per heavy atom. The van der Waals surface area contributed by atoms with Crippen molar-refractivity contribution < 1.29 is 9.53 Å². The number of hydrogen-bond donors (Lipinski definition) is 2. The van der Waals surface area contributed by atoms with E-state index in [0.29, 0.717) is 18.8 Å². The molecule has 21 heavy (non-hydrogen) atoms. The fourth-order valence-corrected chi connectivity index (χ4v) is 2.30. The third kappa shape index (κ3) is 3.61. The third-order valence-corrected chi connectivity index (χ3v) is 3.73. The molecule has 0 saturated heterocycles. The van der Waals surface area contributed by atoms with E-state index in [1.807, 2.05) is 25.1 Å². The summed E-state index contributed by atoms with van der Waals surface area (Å²) in [4.78, 5) is 12.1. The largest absolute Gasteiger partial charge is 0.381 e. The van der Waals surface area contributed by atoms with Crippen LogP contribution in [-0.4, -0.2) is 35.9 Å². The molecule has 5 nitrogen and oxygen atoms in total. The molecule has 1 fully saturated rings. The van der Waals surface area contributed by atoms with Gasteiger partial charge in [0.15, 0.2) is 5.69 Å². The van der Waals surface area contributed by atoms with E-state index >= 15 is 0 Å². The zero-order valence-corrected chi connectivity index (χ0v) is 12.3. The zero-order valence-electron chi connectivity index (χ0n) is 12.3. The van der Waals surface area contributed by atoms with Crippen molar-refractivity contribution in [1.29, 1.82) is 0 Å². The summed E-state index contributed by atoms with van der Waals surface area (Å²) in [6.07, 6.45) is 3.45. The van der Waals surface area contributed by atoms with Crippen molar-refractivity contribution >= 4 is 16.8 Å². The molecular weight excluding hydrogens is 266 g/mol. The van der Waals surface area contributed by atoms with Crippen LogP contribution in [0.2, 0.25) is 0 Å². The van der Waals surface area contributed by atoms with E-state index in [-0.39, 0.29) is 5.91 Å². The van der Waals surface area contributed by atoms with Gasteiger partial charge in [-0.3, -0.25) is 9.89 Å². The fourth-order valence-electron chi connectivity index (χ4n) is 2.30. The molecule has 0 unspecified atom stereocenters. The SMILES string of the molecule is Cc1ccc2[nH]nc(C(=O)NCCCOCC3CC3)c2c1. The molecule has 0 radical (unpaired) electrons. The minimum Gasteiger partial charge on any atom is -0.381 e. The van der Waals surface area contributed by atoms with Gasteiger partial charge < -0.3 is 10.1 Å². The van der Waals surface area contributed by atoms with E-state index in [1.165, 1.54) is 12.8 Å². The fraction of sp³-hybridized carbons (Fsp3) is 0.500. The van der Waals surface area contributed by atoms with Gasteiger partial charge in [-0.2, -0.15) is 5.10 Å². The molecule has 0 spiro atoms. The van der Waals surface area contributed by atoms with Crippen LogP contribution >= 0.6 is 0 Å². The summed E-state index contributed by atoms with van der Waals surface area (Å²) in [5, 5.41) is 10.8. The van der Waals surface area contributed by atoms with Gasteiger partial charge in [0.1, 0.15) is 0 Å². The monoisotopic (exact) mass is 287 g/mol. The Hall–Kier alpha value is -1.88. The highest BCUT2D eigenvalue weighted by molar-refractivity contribution is 6.04. The summed E-state index contributed by atoms with van der Waals surface area (Å²) in [6, 6.07) is 5.92. The number of H-pyrrole nitrogens is 1. The number of carbonyl (C=O) groups is 1. The highest BCUT2D eigenvalue weighted by atomic mass is 16.5. The van der Waals surface area contributed by atoms with Gasteiger partial charge in [-0.1, -0.05) is 11.6 Å². The Morgan fingerprint density at radius 3 is 3.14 bits per heavy atom. The maximum Gasteiger partial charge on any atom is 0.272 e. The van der Waals surface area contributed by atoms with Gasteiger partial charge in [0, 0.05) is 25.1 Å². The van der Waals surface area contributed by atoms with Crippen molar-refractivity contribution in [3.05, 3.63) is 29.5 Å². The van der Waals surface area contributed by atoms with Crippen LogP contribution in [-0.2, 0) is 4.74 Å². The molecular formula is C16H21N3O2. The van der Waals surface area contributed by atoms with Gasteiger partial charge in [-0.05, 0) is 44.2 Å². The molecule has 0 bridgehead atoms. The van der Waals surface area contributed by atoms with Crippen molar-refractivity contribution in [2.24, 2.45) is 5.92 Å². The zero-order chi connectivity index (χ0) is 14.7. The molecule has 2 N–H and O–H groups in total. The van der Waals surface area contributed by atoms with E-state index in [2.05, 4.69) is 15.5 Å². The molecule has 1 aliphatic rings. The van der Waals surface area contributed by atoms with Crippen LogP contribution in [0.5, 0.6) is 0 Å². The molecule has 0 aliphatic heterocycles. The lowest BCUT2D eigenvalue weighted by molar-refractivity contribution is 0.0934. The predicted molar refractivity (Wildman–Crippen MR) is 81.3 cm³/mol. The van der Waals surface area contributed by atoms with Crippen LogP contribution in [0.1, 0.15) is 35.3 Å². The summed E-state index contributed by atoms with van der Waals surface area (Å²) in [7, 11) is 0. The summed E-state index contributed by atoms with van der Waals surface area (Å²) >= 11 is 0. The van der Waals surface area contributed by atoms with Crippen molar-refractivity contribution in [3.8, 4) is 0 Å². The molecule has 0 atom stereocenters. The number of aromatic amines is 1. The van der Waals surface area contributed by atoms with Gasteiger partial charge >= 0.3 is 0 Å². The van der Waals surface area contributed by atoms with Gasteiger partial charge in [-0.25, -0.2) is 0 Å². The Balaban J connectivity index is 1.48. The minimum atomic E-state index is -0.131. The maximum atomic E-state index is 12.1. The molecule has 1 saturated carbocycles. The van der Waals surface area contributed by atoms with E-state index < -0.39 is 0 Å². The number of carbonyl (C=O) groups excluding carboxylic acids is 1. The standard InChI is InChI=1S/C16H21N3O2/c1-11-3-6-14-13(9-11)15(19-18-14)16(20)17-7-2-8-21-10-12-4-5-12/h3,6,9,12H,2,4-5,7-8,10H2,1H3,(H,17,20)(H,18,19). The number of nitrogens with one attached hydrogen (secondary N) is 2. The number of aryl methyl sites for hydroxylation is 1. The molecule has 112 valence electrons. The minimum absolute atomic E-state index is 0.131. The Bertz CT molecular complexity index is 631. The first-order valence-electron chi connectivity index (χ1n) is 7.55. The van der Waals surface area contributed by atoms with E-state index in [4.69, 9.17) is 4.74 Å². The first kappa shape index (κ1) is 14.1. The highest BCUT2D eigenvalue weighted by Gasteiger charge is 2.20. The molecule has 5 heteroatoms. The van der Waals surface area contributed by atoms with Crippen molar-refractivity contribution in [3.63, 3.8) is 0 Å². The first-order chi connectivity index (χ1) is 10.2. The number of rotatable bonds is 7. The third-order valence-electron chi connectivity index (χ3n) is 3.73. The predicted octanol–water partition coefficient (Wildman–Crippen LogP) is 2.42. The average Bonchev–Trinajstić information content (AvgIpc) is 3.20. The molecule has 1 amide bonds. The second-order valence-corrected chi connectivity index (χ2v) is 5.75. The number of benzene rings is 1. The second-order valence-electron chi connectivity index (χ2n) is 5.75. The Morgan fingerprint density at radius 1 is 1.48 bits per heavy atom. The number of hydrogen-bond acceptors (Lipinski definition) is 3. The maximum absolute atomic E-state index is 12.1. The van der Waals surface area contributed by atoms with Crippen molar-refractivity contribution in [1.82, 2.24) is 15.5 Å². The molecule has 1 aromatic carbocycles. The van der Waals surface area contributed by atoms with Crippen molar-refractivity contribution in [2.75, 3.05) is 19.8 Å². The highest BCUT2D eigenvalue weighted by Crippen LogP contribution is 2.28. The lowest BCUT2D eigenvalue weighted by Crippen LogP contribution is -2.25. The summed E-state index contributed by atoms with van der Waals surface area (Å²) in [6.45, 7) is 4.20. The van der Waals surface area contributed by atoms with Gasteiger partial charge in [0.25, 0.3) is 5.91 Å². The lowest BCUT2D eigenvalue weighted by Gasteiger charge is -2.05. The van der Waals surface area contributed by atoms with Gasteiger partial charge in [0.05, 0.1) is 5.52 Å². The number of fused-ring (bicyclic) bond motifs is 1. The number of amides is 1. The van der Waals surface area contributed by atoms with Crippen LogP contribution in [0, 0.1) is 12.8 Å². The first-order valence-corrected chi connectivity index (χ1v) is 7.55. The number of aromatic nitrogens is 2. The second kappa shape index (κ2) is 6.26. The Kier molecular flexibility index (Phi) is 4.20. The van der Waals surface area contributed by atoms with E-state index in [0.717, 1.165) is 35.4 Å². The molecule has 1 aliphatic carbocycles. The molecule has 3 rings (SSSR count). The number of ether oxygens (including phenoxy) is 1. The van der Waals surface area contributed by atoms with Crippen LogP contribution in [0.4, 0.5) is 0 Å². The summed E-state index contributed by atoms with van der Waals surface area (Å²) in [5.74, 6) is 0.660.